The number of aryl methyl sites for hydroxylation is 1. The third kappa shape index (κ3) is 7.34. The highest BCUT2D eigenvalue weighted by Gasteiger charge is 2.09. The van der Waals surface area contributed by atoms with E-state index in [1.807, 2.05) is 0 Å². The van der Waals surface area contributed by atoms with Crippen molar-refractivity contribution in [3.05, 3.63) is 41.9 Å². The lowest BCUT2D eigenvalue weighted by atomic mass is 10.3. The average molecular weight is 377 g/mol. The molecule has 2 rings (SSSR count). The number of anilines is 1. The van der Waals surface area contributed by atoms with Crippen molar-refractivity contribution in [2.45, 2.75) is 13.5 Å². The Balaban J connectivity index is 1.55. The lowest BCUT2D eigenvalue weighted by Gasteiger charge is -2.07. The van der Waals surface area contributed by atoms with Gasteiger partial charge in [-0.2, -0.15) is 0 Å². The summed E-state index contributed by atoms with van der Waals surface area (Å²) >= 11 is 1.14. The highest BCUT2D eigenvalue weighted by molar-refractivity contribution is 8.00. The number of carbonyl (C=O) groups is 3. The minimum atomic E-state index is -0.320. The van der Waals surface area contributed by atoms with E-state index in [9.17, 15) is 14.4 Å². The van der Waals surface area contributed by atoms with Gasteiger partial charge in [0, 0.05) is 25.0 Å². The Hall–Kier alpha value is -2.88. The Morgan fingerprint density at radius 3 is 2.50 bits per heavy atom. The zero-order chi connectivity index (χ0) is 18.8. The van der Waals surface area contributed by atoms with Gasteiger partial charge in [-0.25, -0.2) is 0 Å². The van der Waals surface area contributed by atoms with Crippen LogP contribution in [0.3, 0.4) is 0 Å². The lowest BCUT2D eigenvalue weighted by molar-refractivity contribution is -0.124. The molecule has 2 heterocycles. The summed E-state index contributed by atoms with van der Waals surface area (Å²) in [6.45, 7) is 1.97. The van der Waals surface area contributed by atoms with Gasteiger partial charge in [-0.05, 0) is 24.6 Å². The van der Waals surface area contributed by atoms with E-state index in [1.54, 1.807) is 37.5 Å². The van der Waals surface area contributed by atoms with Crippen molar-refractivity contribution in [1.82, 2.24) is 20.8 Å². The fourth-order valence-corrected chi connectivity index (χ4v) is 2.48. The SMILES string of the molecule is Cc1cc(NC(=O)CSCC(=O)NCC(=O)NCc2ccncc2)no1. The highest BCUT2D eigenvalue weighted by Crippen LogP contribution is 2.08. The summed E-state index contributed by atoms with van der Waals surface area (Å²) in [5.74, 6) is 0.193. The topological polar surface area (TPSA) is 126 Å². The molecule has 3 N–H and O–H groups in total. The molecular weight excluding hydrogens is 358 g/mol. The first-order valence-corrected chi connectivity index (χ1v) is 8.91. The second kappa shape index (κ2) is 10.2. The van der Waals surface area contributed by atoms with Crippen LogP contribution in [0.5, 0.6) is 0 Å². The van der Waals surface area contributed by atoms with E-state index < -0.39 is 0 Å². The Labute approximate surface area is 154 Å². The lowest BCUT2D eigenvalue weighted by Crippen LogP contribution is -2.37. The number of aromatic nitrogens is 2. The minimum absolute atomic E-state index is 0.0723. The Morgan fingerprint density at radius 1 is 1.08 bits per heavy atom. The number of hydrogen-bond donors (Lipinski definition) is 3. The fraction of sp³-hybridized carbons (Fsp3) is 0.312. The number of carbonyl (C=O) groups excluding carboxylic acids is 3. The second-order valence-corrected chi connectivity index (χ2v) is 6.26. The number of thioether (sulfide) groups is 1. The molecule has 0 radical (unpaired) electrons. The van der Waals surface area contributed by atoms with E-state index in [4.69, 9.17) is 4.52 Å². The molecule has 10 heteroatoms. The van der Waals surface area contributed by atoms with Crippen LogP contribution in [0.2, 0.25) is 0 Å². The molecule has 2 aromatic heterocycles. The molecule has 0 atom stereocenters. The van der Waals surface area contributed by atoms with Gasteiger partial charge in [0.1, 0.15) is 5.76 Å². The standard InChI is InChI=1S/C16H19N5O4S/c1-11-6-13(21-25-11)20-16(24)10-26-9-15(23)19-8-14(22)18-7-12-2-4-17-5-3-12/h2-6H,7-10H2,1H3,(H,18,22)(H,19,23)(H,20,21,24). The molecule has 3 amide bonds. The Bertz CT molecular complexity index is 750. The number of hydrogen-bond acceptors (Lipinski definition) is 7. The number of nitrogens with zero attached hydrogens (tertiary/aromatic N) is 2. The predicted molar refractivity (Wildman–Crippen MR) is 96.3 cm³/mol. The average Bonchev–Trinajstić information content (AvgIpc) is 3.03. The van der Waals surface area contributed by atoms with Crippen molar-refractivity contribution in [3.8, 4) is 0 Å². The molecule has 9 nitrogen and oxygen atoms in total. The molecule has 0 aliphatic heterocycles. The summed E-state index contributed by atoms with van der Waals surface area (Å²) in [5, 5.41) is 11.4. The van der Waals surface area contributed by atoms with Crippen molar-refractivity contribution in [1.29, 1.82) is 0 Å². The van der Waals surface area contributed by atoms with Crippen molar-refractivity contribution in [2.24, 2.45) is 0 Å². The molecule has 26 heavy (non-hydrogen) atoms. The smallest absolute Gasteiger partial charge is 0.239 e. The molecule has 138 valence electrons. The first kappa shape index (κ1) is 19.4. The van der Waals surface area contributed by atoms with Gasteiger partial charge in [0.2, 0.25) is 17.7 Å². The fourth-order valence-electron chi connectivity index (χ4n) is 1.83. The largest absolute Gasteiger partial charge is 0.360 e. The summed E-state index contributed by atoms with van der Waals surface area (Å²) < 4.78 is 4.83. The Morgan fingerprint density at radius 2 is 1.81 bits per heavy atom. The van der Waals surface area contributed by atoms with Crippen molar-refractivity contribution < 1.29 is 18.9 Å². The van der Waals surface area contributed by atoms with Gasteiger partial charge >= 0.3 is 0 Å². The van der Waals surface area contributed by atoms with Crippen molar-refractivity contribution >= 4 is 35.3 Å². The van der Waals surface area contributed by atoms with Crippen LogP contribution in [-0.2, 0) is 20.9 Å². The van der Waals surface area contributed by atoms with E-state index in [0.717, 1.165) is 17.3 Å². The van der Waals surface area contributed by atoms with Gasteiger partial charge in [0.15, 0.2) is 5.82 Å². The van der Waals surface area contributed by atoms with Crippen molar-refractivity contribution in [3.63, 3.8) is 0 Å². The van der Waals surface area contributed by atoms with Crippen LogP contribution >= 0.6 is 11.8 Å². The van der Waals surface area contributed by atoms with Crippen molar-refractivity contribution in [2.75, 3.05) is 23.4 Å². The number of nitrogens with one attached hydrogen (secondary N) is 3. The van der Waals surface area contributed by atoms with Crippen LogP contribution in [0.4, 0.5) is 5.82 Å². The molecule has 2 aromatic rings. The van der Waals surface area contributed by atoms with Crippen LogP contribution in [0.1, 0.15) is 11.3 Å². The van der Waals surface area contributed by atoms with Crippen LogP contribution in [-0.4, -0.2) is 45.9 Å². The van der Waals surface area contributed by atoms with E-state index >= 15 is 0 Å². The third-order valence-electron chi connectivity index (χ3n) is 3.05. The first-order valence-electron chi connectivity index (χ1n) is 7.76. The van der Waals surface area contributed by atoms with E-state index in [2.05, 4.69) is 26.1 Å². The van der Waals surface area contributed by atoms with Gasteiger partial charge in [0.05, 0.1) is 18.1 Å². The molecule has 0 spiro atoms. The third-order valence-corrected chi connectivity index (χ3v) is 3.98. The van der Waals surface area contributed by atoms with Gasteiger partial charge < -0.3 is 20.5 Å². The minimum Gasteiger partial charge on any atom is -0.360 e. The maximum atomic E-state index is 11.7. The molecular formula is C16H19N5O4S. The van der Waals surface area contributed by atoms with Gasteiger partial charge in [-0.1, -0.05) is 5.16 Å². The number of amides is 3. The highest BCUT2D eigenvalue weighted by atomic mass is 32.2. The normalized spacial score (nSPS) is 10.2. The van der Waals surface area contributed by atoms with E-state index in [0.29, 0.717) is 18.1 Å². The summed E-state index contributed by atoms with van der Waals surface area (Å²) in [7, 11) is 0. The summed E-state index contributed by atoms with van der Waals surface area (Å²) in [6.07, 6.45) is 3.28. The van der Waals surface area contributed by atoms with Gasteiger partial charge in [-0.15, -0.1) is 11.8 Å². The predicted octanol–water partition coefficient (Wildman–Crippen LogP) is 0.482. The summed E-state index contributed by atoms with van der Waals surface area (Å²) in [4.78, 5) is 38.9. The monoisotopic (exact) mass is 377 g/mol. The number of rotatable bonds is 9. The molecule has 0 bridgehead atoms. The van der Waals surface area contributed by atoms with Crippen LogP contribution in [0.15, 0.2) is 35.1 Å². The molecule has 0 aliphatic carbocycles. The van der Waals surface area contributed by atoms with Crippen LogP contribution in [0, 0.1) is 6.92 Å². The van der Waals surface area contributed by atoms with E-state index in [-0.39, 0.29) is 35.8 Å². The molecule has 0 saturated heterocycles. The molecule has 0 fully saturated rings. The number of pyridine rings is 1. The summed E-state index contributed by atoms with van der Waals surface area (Å²) in [6, 6.07) is 5.18. The van der Waals surface area contributed by atoms with E-state index in [1.165, 1.54) is 0 Å². The molecule has 0 unspecified atom stereocenters. The Kier molecular flexibility index (Phi) is 7.62. The maximum absolute atomic E-state index is 11.7. The zero-order valence-corrected chi connectivity index (χ0v) is 15.0. The maximum Gasteiger partial charge on any atom is 0.239 e. The van der Waals surface area contributed by atoms with Crippen LogP contribution in [0.25, 0.3) is 0 Å². The molecule has 0 saturated carbocycles. The second-order valence-electron chi connectivity index (χ2n) is 5.27. The van der Waals surface area contributed by atoms with Gasteiger partial charge in [0.25, 0.3) is 0 Å². The summed E-state index contributed by atoms with van der Waals surface area (Å²) in [5.41, 5.74) is 0.920. The molecule has 0 aliphatic rings. The molecule has 0 aromatic carbocycles. The zero-order valence-electron chi connectivity index (χ0n) is 14.2. The van der Waals surface area contributed by atoms with Crippen LogP contribution < -0.4 is 16.0 Å². The first-order chi connectivity index (χ1) is 12.5. The van der Waals surface area contributed by atoms with Gasteiger partial charge in [-0.3, -0.25) is 19.4 Å². The quantitative estimate of drug-likeness (QED) is 0.580.